The van der Waals surface area contributed by atoms with Gasteiger partial charge in [0.15, 0.2) is 0 Å². The predicted octanol–water partition coefficient (Wildman–Crippen LogP) is 3.94. The summed E-state index contributed by atoms with van der Waals surface area (Å²) in [5.41, 5.74) is 5.33. The number of hydrogen-bond donors (Lipinski definition) is 0. The molecule has 0 bridgehead atoms. The molecule has 2 aliphatic rings. The Morgan fingerprint density at radius 2 is 1.72 bits per heavy atom. The molecule has 0 saturated carbocycles. The van der Waals surface area contributed by atoms with Crippen LogP contribution in [0.25, 0.3) is 10.9 Å². The second-order valence-corrected chi connectivity index (χ2v) is 7.10. The molecule has 0 atom stereocenters. The lowest BCUT2D eigenvalue weighted by Gasteiger charge is -2.18. The molecule has 4 nitrogen and oxygen atoms in total. The Morgan fingerprint density at radius 1 is 0.920 bits per heavy atom. The molecule has 126 valence electrons. The van der Waals surface area contributed by atoms with Crippen LogP contribution in [-0.2, 0) is 13.6 Å². The number of aromatic nitrogens is 1. The van der Waals surface area contributed by atoms with E-state index in [4.69, 9.17) is 0 Å². The highest BCUT2D eigenvalue weighted by Gasteiger charge is 2.29. The molecule has 2 aliphatic heterocycles. The van der Waals surface area contributed by atoms with Gasteiger partial charge >= 0.3 is 0 Å². The zero-order chi connectivity index (χ0) is 17.0. The average molecular weight is 331 g/mol. The molecule has 1 amide bonds. The molecule has 5 rings (SSSR count). The van der Waals surface area contributed by atoms with E-state index in [1.807, 2.05) is 18.0 Å². The average Bonchev–Trinajstić information content (AvgIpc) is 3.35. The number of amides is 1. The standard InChI is InChI=1S/C21H21N3O/c1-22-11-8-15-12-18(6-7-20(15)22)24-14-16-4-5-17(13-19(16)21(24)25)23-9-2-3-10-23/h4-8,11-13H,2-3,9-10,14H2,1H3. The molecule has 4 heteroatoms. The van der Waals surface area contributed by atoms with Gasteiger partial charge in [-0.3, -0.25) is 4.79 Å². The molecule has 3 aromatic rings. The fourth-order valence-corrected chi connectivity index (χ4v) is 4.11. The van der Waals surface area contributed by atoms with E-state index in [0.29, 0.717) is 6.54 Å². The molecule has 0 aliphatic carbocycles. The van der Waals surface area contributed by atoms with Crippen LogP contribution in [-0.4, -0.2) is 23.6 Å². The SMILES string of the molecule is Cn1ccc2cc(N3Cc4ccc(N5CCCC5)cc4C3=O)ccc21. The van der Waals surface area contributed by atoms with Gasteiger partial charge in [-0.05, 0) is 54.8 Å². The van der Waals surface area contributed by atoms with E-state index in [9.17, 15) is 4.79 Å². The van der Waals surface area contributed by atoms with Crippen molar-refractivity contribution in [1.82, 2.24) is 4.57 Å². The summed E-state index contributed by atoms with van der Waals surface area (Å²) in [5, 5.41) is 1.17. The van der Waals surface area contributed by atoms with Gasteiger partial charge in [0, 0.05) is 54.2 Å². The maximum absolute atomic E-state index is 13.0. The normalized spacial score (nSPS) is 16.9. The highest BCUT2D eigenvalue weighted by Crippen LogP contribution is 2.33. The number of carbonyl (C=O) groups excluding carboxylic acids is 1. The second-order valence-electron chi connectivity index (χ2n) is 7.10. The van der Waals surface area contributed by atoms with Crippen LogP contribution in [0.15, 0.2) is 48.7 Å². The third-order valence-corrected chi connectivity index (χ3v) is 5.55. The van der Waals surface area contributed by atoms with Gasteiger partial charge < -0.3 is 14.4 Å². The van der Waals surface area contributed by atoms with Crippen LogP contribution >= 0.6 is 0 Å². The van der Waals surface area contributed by atoms with Crippen molar-refractivity contribution in [2.75, 3.05) is 22.9 Å². The van der Waals surface area contributed by atoms with Crippen LogP contribution in [0.2, 0.25) is 0 Å². The molecule has 25 heavy (non-hydrogen) atoms. The summed E-state index contributed by atoms with van der Waals surface area (Å²) in [7, 11) is 2.04. The third-order valence-electron chi connectivity index (χ3n) is 5.55. The minimum atomic E-state index is 0.117. The lowest BCUT2D eigenvalue weighted by atomic mass is 10.1. The summed E-state index contributed by atoms with van der Waals surface area (Å²) in [6, 6.07) is 14.7. The number of nitrogens with zero attached hydrogens (tertiary/aromatic N) is 3. The molecule has 2 aromatic carbocycles. The maximum Gasteiger partial charge on any atom is 0.259 e. The van der Waals surface area contributed by atoms with Gasteiger partial charge in [-0.25, -0.2) is 0 Å². The monoisotopic (exact) mass is 331 g/mol. The van der Waals surface area contributed by atoms with Crippen LogP contribution in [0, 0.1) is 0 Å². The van der Waals surface area contributed by atoms with Crippen molar-refractivity contribution >= 4 is 28.2 Å². The number of benzene rings is 2. The highest BCUT2D eigenvalue weighted by molar-refractivity contribution is 6.11. The van der Waals surface area contributed by atoms with E-state index >= 15 is 0 Å². The van der Waals surface area contributed by atoms with Crippen LogP contribution in [0.5, 0.6) is 0 Å². The number of anilines is 2. The van der Waals surface area contributed by atoms with E-state index in [-0.39, 0.29) is 5.91 Å². The molecule has 0 spiro atoms. The van der Waals surface area contributed by atoms with Crippen molar-refractivity contribution in [3.05, 3.63) is 59.8 Å². The summed E-state index contributed by atoms with van der Waals surface area (Å²) in [4.78, 5) is 17.3. The topological polar surface area (TPSA) is 28.5 Å². The largest absolute Gasteiger partial charge is 0.372 e. The van der Waals surface area contributed by atoms with Crippen LogP contribution in [0.1, 0.15) is 28.8 Å². The van der Waals surface area contributed by atoms with Crippen molar-refractivity contribution in [2.45, 2.75) is 19.4 Å². The third kappa shape index (κ3) is 2.24. The van der Waals surface area contributed by atoms with Gasteiger partial charge in [0.05, 0.1) is 6.54 Å². The molecule has 3 heterocycles. The quantitative estimate of drug-likeness (QED) is 0.711. The first-order chi connectivity index (χ1) is 12.2. The first-order valence-corrected chi connectivity index (χ1v) is 8.95. The van der Waals surface area contributed by atoms with E-state index in [2.05, 4.69) is 52.1 Å². The molecular weight excluding hydrogens is 310 g/mol. The zero-order valence-electron chi connectivity index (χ0n) is 14.4. The minimum Gasteiger partial charge on any atom is -0.372 e. The van der Waals surface area contributed by atoms with Crippen molar-refractivity contribution in [2.24, 2.45) is 7.05 Å². The Balaban J connectivity index is 1.49. The second kappa shape index (κ2) is 5.38. The van der Waals surface area contributed by atoms with E-state index in [1.165, 1.54) is 29.4 Å². The Labute approximate surface area is 147 Å². The fraction of sp³-hybridized carbons (Fsp3) is 0.286. The number of hydrogen-bond acceptors (Lipinski definition) is 2. The number of fused-ring (bicyclic) bond motifs is 2. The molecule has 1 fully saturated rings. The Morgan fingerprint density at radius 3 is 2.56 bits per heavy atom. The van der Waals surface area contributed by atoms with Crippen LogP contribution in [0.3, 0.4) is 0 Å². The van der Waals surface area contributed by atoms with Crippen molar-refractivity contribution in [1.29, 1.82) is 0 Å². The molecule has 1 saturated heterocycles. The fourth-order valence-electron chi connectivity index (χ4n) is 4.11. The number of carbonyl (C=O) groups is 1. The zero-order valence-corrected chi connectivity index (χ0v) is 14.4. The van der Waals surface area contributed by atoms with E-state index < -0.39 is 0 Å². The van der Waals surface area contributed by atoms with Crippen LogP contribution in [0.4, 0.5) is 11.4 Å². The van der Waals surface area contributed by atoms with Gasteiger partial charge in [-0.15, -0.1) is 0 Å². The molecular formula is C21H21N3O. The van der Waals surface area contributed by atoms with Gasteiger partial charge in [-0.1, -0.05) is 6.07 Å². The summed E-state index contributed by atoms with van der Waals surface area (Å²) in [6.07, 6.45) is 4.54. The predicted molar refractivity (Wildman–Crippen MR) is 101 cm³/mol. The van der Waals surface area contributed by atoms with Crippen molar-refractivity contribution < 1.29 is 4.79 Å². The first kappa shape index (κ1) is 14.6. The summed E-state index contributed by atoms with van der Waals surface area (Å²) in [6.45, 7) is 2.86. The Bertz CT molecular complexity index is 982. The summed E-state index contributed by atoms with van der Waals surface area (Å²) < 4.78 is 2.10. The Hall–Kier alpha value is -2.75. The van der Waals surface area contributed by atoms with Gasteiger partial charge in [0.25, 0.3) is 5.91 Å². The lowest BCUT2D eigenvalue weighted by Crippen LogP contribution is -2.23. The molecule has 0 N–H and O–H groups in total. The summed E-state index contributed by atoms with van der Waals surface area (Å²) in [5.74, 6) is 0.117. The Kier molecular flexibility index (Phi) is 3.14. The van der Waals surface area contributed by atoms with E-state index in [0.717, 1.165) is 29.9 Å². The van der Waals surface area contributed by atoms with Crippen LogP contribution < -0.4 is 9.80 Å². The lowest BCUT2D eigenvalue weighted by molar-refractivity contribution is 0.0996. The molecule has 0 unspecified atom stereocenters. The van der Waals surface area contributed by atoms with Gasteiger partial charge in [0.2, 0.25) is 0 Å². The number of rotatable bonds is 2. The van der Waals surface area contributed by atoms with Crippen molar-refractivity contribution in [3.63, 3.8) is 0 Å². The summed E-state index contributed by atoms with van der Waals surface area (Å²) >= 11 is 0. The smallest absolute Gasteiger partial charge is 0.259 e. The molecule has 0 radical (unpaired) electrons. The number of aryl methyl sites for hydroxylation is 1. The van der Waals surface area contributed by atoms with E-state index in [1.54, 1.807) is 0 Å². The minimum absolute atomic E-state index is 0.117. The highest BCUT2D eigenvalue weighted by atomic mass is 16.2. The van der Waals surface area contributed by atoms with Gasteiger partial charge in [-0.2, -0.15) is 0 Å². The van der Waals surface area contributed by atoms with Crippen molar-refractivity contribution in [3.8, 4) is 0 Å². The molecule has 1 aromatic heterocycles. The first-order valence-electron chi connectivity index (χ1n) is 8.95. The van der Waals surface area contributed by atoms with Gasteiger partial charge in [0.1, 0.15) is 0 Å². The maximum atomic E-state index is 13.0.